The fraction of sp³-hybridized carbons (Fsp3) is 0.133. The molecular weight excluding hydrogens is 586 g/mol. The van der Waals surface area contributed by atoms with E-state index < -0.39 is 78.8 Å². The topological polar surface area (TPSA) is 147 Å². The average molecular weight is 598 g/mol. The highest BCUT2D eigenvalue weighted by molar-refractivity contribution is 6.01. The maximum Gasteiger partial charge on any atom is 0.435 e. The second kappa shape index (κ2) is 10.9. The molecule has 14 heteroatoms. The van der Waals surface area contributed by atoms with Crippen molar-refractivity contribution in [1.82, 2.24) is 19.9 Å². The zero-order valence-electron chi connectivity index (χ0n) is 21.9. The zero-order valence-corrected chi connectivity index (χ0v) is 21.9. The molecule has 0 saturated heterocycles. The molecule has 0 aliphatic heterocycles. The van der Waals surface area contributed by atoms with Gasteiger partial charge >= 0.3 is 12.4 Å². The highest BCUT2D eigenvalue weighted by Gasteiger charge is 2.40. The molecule has 1 aliphatic rings. The van der Waals surface area contributed by atoms with E-state index in [0.717, 1.165) is 0 Å². The van der Waals surface area contributed by atoms with Crippen LogP contribution in [0.4, 0.5) is 26.3 Å². The number of hydrogen-bond donors (Lipinski definition) is 0. The van der Waals surface area contributed by atoms with Crippen LogP contribution in [0.1, 0.15) is 29.9 Å². The largest absolute Gasteiger partial charge is 0.435 e. The quantitative estimate of drug-likeness (QED) is 0.220. The number of halogens is 6. The minimum absolute atomic E-state index is 0.0691. The summed E-state index contributed by atoms with van der Waals surface area (Å²) in [5.41, 5.74) is -9.05. The summed E-state index contributed by atoms with van der Waals surface area (Å²) < 4.78 is 86.5. The molecule has 0 amide bonds. The third-order valence-corrected chi connectivity index (χ3v) is 6.59. The van der Waals surface area contributed by atoms with E-state index in [1.54, 1.807) is 18.2 Å². The first kappa shape index (κ1) is 29.4. The van der Waals surface area contributed by atoms with Crippen molar-refractivity contribution in [2.24, 2.45) is 0 Å². The highest BCUT2D eigenvalue weighted by Crippen LogP contribution is 2.37. The Morgan fingerprint density at radius 2 is 1.09 bits per heavy atom. The van der Waals surface area contributed by atoms with Crippen LogP contribution in [0.5, 0.6) is 0 Å². The monoisotopic (exact) mass is 598 g/mol. The molecule has 0 unspecified atom stereocenters. The van der Waals surface area contributed by atoms with E-state index in [2.05, 4.69) is 19.9 Å². The van der Waals surface area contributed by atoms with Crippen molar-refractivity contribution >= 4 is 38.8 Å². The van der Waals surface area contributed by atoms with E-state index in [1.165, 1.54) is 54.6 Å². The number of nitrogens with zero attached hydrogens (tertiary/aromatic N) is 8. The van der Waals surface area contributed by atoms with Crippen LogP contribution in [0.3, 0.4) is 0 Å². The zero-order chi connectivity index (χ0) is 31.8. The van der Waals surface area contributed by atoms with Crippen LogP contribution in [0.25, 0.3) is 50.0 Å². The first-order valence-electron chi connectivity index (χ1n) is 12.4. The number of benzene rings is 2. The Labute approximate surface area is 243 Å². The Balaban J connectivity index is 2.22. The fourth-order valence-corrected chi connectivity index (χ4v) is 4.76. The molecule has 0 spiro atoms. The number of alkyl halides is 6. The first-order valence-corrected chi connectivity index (χ1v) is 12.4. The van der Waals surface area contributed by atoms with Crippen LogP contribution < -0.4 is 10.4 Å². The molecule has 0 bridgehead atoms. The number of fused-ring (bicyclic) bond motifs is 2. The third-order valence-electron chi connectivity index (χ3n) is 6.59. The van der Waals surface area contributed by atoms with Gasteiger partial charge in [-0.15, -0.1) is 0 Å². The molecule has 8 nitrogen and oxygen atoms in total. The lowest BCUT2D eigenvalue weighted by molar-refractivity contribution is -0.141. The third kappa shape index (κ3) is 4.95. The predicted molar refractivity (Wildman–Crippen MR) is 143 cm³/mol. The normalized spacial score (nSPS) is 13.0. The Kier molecular flexibility index (Phi) is 7.30. The van der Waals surface area contributed by atoms with Gasteiger partial charge in [-0.05, 0) is 18.4 Å². The van der Waals surface area contributed by atoms with E-state index in [4.69, 9.17) is 0 Å². The summed E-state index contributed by atoms with van der Waals surface area (Å²) >= 11 is 0. The minimum Gasteiger partial charge on any atom is -0.243 e. The van der Waals surface area contributed by atoms with Crippen molar-refractivity contribution in [3.05, 3.63) is 76.1 Å². The first-order chi connectivity index (χ1) is 20.9. The van der Waals surface area contributed by atoms with Crippen molar-refractivity contribution in [1.29, 1.82) is 21.0 Å². The van der Waals surface area contributed by atoms with Crippen LogP contribution in [0, 0.1) is 45.3 Å². The van der Waals surface area contributed by atoms with Crippen LogP contribution in [-0.2, 0) is 12.4 Å². The summed E-state index contributed by atoms with van der Waals surface area (Å²) in [6.45, 7) is 0. The molecule has 2 heterocycles. The maximum absolute atomic E-state index is 14.4. The Morgan fingerprint density at radius 3 is 1.52 bits per heavy atom. The molecule has 44 heavy (non-hydrogen) atoms. The molecule has 0 radical (unpaired) electrons. The van der Waals surface area contributed by atoms with Gasteiger partial charge in [-0.3, -0.25) is 0 Å². The average Bonchev–Trinajstić information content (AvgIpc) is 3.01. The number of hydrogen-bond acceptors (Lipinski definition) is 8. The van der Waals surface area contributed by atoms with E-state index >= 15 is 0 Å². The van der Waals surface area contributed by atoms with Crippen LogP contribution in [0.15, 0.2) is 48.6 Å². The molecule has 0 N–H and O–H groups in total. The molecule has 4 aromatic rings. The van der Waals surface area contributed by atoms with Crippen molar-refractivity contribution in [3.8, 4) is 35.5 Å². The van der Waals surface area contributed by atoms with Crippen LogP contribution >= 0.6 is 0 Å². The lowest BCUT2D eigenvalue weighted by Gasteiger charge is -2.18. The van der Waals surface area contributed by atoms with E-state index in [9.17, 15) is 47.4 Å². The van der Waals surface area contributed by atoms with E-state index in [0.29, 0.717) is 6.42 Å². The SMILES string of the molecule is N#CC(C#N)=c1c2nc(C3=CC=CCC3)c(C(F)(F)F)nc2c(=C(C#N)C#N)c2nc(C(F)(F)F)c(-c3ccccc3)nc12. The van der Waals surface area contributed by atoms with Gasteiger partial charge in [0.2, 0.25) is 0 Å². The number of aromatic nitrogens is 4. The molecule has 5 rings (SSSR count). The van der Waals surface area contributed by atoms with Gasteiger partial charge in [-0.1, -0.05) is 48.6 Å². The summed E-state index contributed by atoms with van der Waals surface area (Å²) in [6.07, 6.45) is -5.26. The molecule has 214 valence electrons. The lowest BCUT2D eigenvalue weighted by atomic mass is 9.98. The second-order valence-electron chi connectivity index (χ2n) is 9.20. The summed E-state index contributed by atoms with van der Waals surface area (Å²) in [6, 6.07) is 13.1. The van der Waals surface area contributed by atoms with Gasteiger partial charge in [0, 0.05) is 5.56 Å². The highest BCUT2D eigenvalue weighted by atomic mass is 19.4. The fourth-order valence-electron chi connectivity index (χ4n) is 4.76. The number of allylic oxidation sites excluding steroid dienone is 4. The molecular formula is C30H12F6N8. The molecule has 0 atom stereocenters. The van der Waals surface area contributed by atoms with Crippen molar-refractivity contribution < 1.29 is 26.3 Å². The summed E-state index contributed by atoms with van der Waals surface area (Å²) in [7, 11) is 0. The number of nitriles is 4. The van der Waals surface area contributed by atoms with E-state index in [-0.39, 0.29) is 17.6 Å². The second-order valence-corrected chi connectivity index (χ2v) is 9.20. The van der Waals surface area contributed by atoms with Gasteiger partial charge < -0.3 is 0 Å². The Morgan fingerprint density at radius 1 is 0.636 bits per heavy atom. The maximum atomic E-state index is 14.4. The smallest absolute Gasteiger partial charge is 0.243 e. The summed E-state index contributed by atoms with van der Waals surface area (Å²) in [5.74, 6) is 0. The standard InChI is InChI=1S/C30H12F6N8/c31-29(32,33)27-21(15-7-3-1-4-8-15)41-23-19(17(11-37)12-38)24-26(20(25(23)43-27)18(13-39)14-40)44-28(30(34,35)36)22(42-24)16-9-5-2-6-10-16/h1-5,7-9H,6,10H2. The van der Waals surface area contributed by atoms with Gasteiger partial charge in [0.1, 0.15) is 63.2 Å². The van der Waals surface area contributed by atoms with Crippen molar-refractivity contribution in [2.75, 3.05) is 0 Å². The van der Waals surface area contributed by atoms with E-state index in [1.807, 2.05) is 0 Å². The van der Waals surface area contributed by atoms with Crippen LogP contribution in [0.2, 0.25) is 0 Å². The molecule has 1 aliphatic carbocycles. The van der Waals surface area contributed by atoms with Gasteiger partial charge in [0.05, 0.1) is 16.1 Å². The summed E-state index contributed by atoms with van der Waals surface area (Å²) in [4.78, 5) is 15.7. The van der Waals surface area contributed by atoms with Gasteiger partial charge in [0.15, 0.2) is 11.4 Å². The van der Waals surface area contributed by atoms with Gasteiger partial charge in [-0.25, -0.2) is 19.9 Å². The van der Waals surface area contributed by atoms with Crippen LogP contribution in [-0.4, -0.2) is 19.9 Å². The molecule has 2 aromatic carbocycles. The van der Waals surface area contributed by atoms with Crippen molar-refractivity contribution in [3.63, 3.8) is 0 Å². The van der Waals surface area contributed by atoms with Crippen molar-refractivity contribution in [2.45, 2.75) is 25.2 Å². The Bertz CT molecular complexity index is 2210. The van der Waals surface area contributed by atoms with Gasteiger partial charge in [0.25, 0.3) is 0 Å². The molecule has 0 saturated carbocycles. The molecule has 2 aromatic heterocycles. The molecule has 0 fully saturated rings. The Hall–Kier alpha value is -6.12. The summed E-state index contributed by atoms with van der Waals surface area (Å²) in [5, 5.41) is 37.8. The predicted octanol–water partition coefficient (Wildman–Crippen LogP) is 5.41. The van der Waals surface area contributed by atoms with Gasteiger partial charge in [-0.2, -0.15) is 47.4 Å². The lowest BCUT2D eigenvalue weighted by Crippen LogP contribution is -2.27. The minimum atomic E-state index is -5.18. The number of rotatable bonds is 2.